The number of aromatic nitrogens is 5. The van der Waals surface area contributed by atoms with Crippen molar-refractivity contribution in [3.05, 3.63) is 53.2 Å². The van der Waals surface area contributed by atoms with E-state index >= 15 is 0 Å². The molecule has 0 amide bonds. The summed E-state index contributed by atoms with van der Waals surface area (Å²) in [5, 5.41) is 15.9. The van der Waals surface area contributed by atoms with Gasteiger partial charge in [0.2, 0.25) is 0 Å². The normalized spacial score (nSPS) is 14.7. The first-order valence-electron chi connectivity index (χ1n) is 10.8. The molecule has 0 aliphatic carbocycles. The van der Waals surface area contributed by atoms with Gasteiger partial charge < -0.3 is 14.8 Å². The number of nitrogens with zero attached hydrogens (tertiary/aromatic N) is 6. The number of hydrogen-bond acceptors (Lipinski definition) is 7. The van der Waals surface area contributed by atoms with Crippen molar-refractivity contribution >= 4 is 27.4 Å². The molecule has 31 heavy (non-hydrogen) atoms. The van der Waals surface area contributed by atoms with Gasteiger partial charge in [-0.25, -0.2) is 9.97 Å². The van der Waals surface area contributed by atoms with Crippen LogP contribution in [0.25, 0.3) is 21.3 Å². The molecule has 1 N–H and O–H groups in total. The Balaban J connectivity index is 1.58. The molecule has 7 nitrogen and oxygen atoms in total. The van der Waals surface area contributed by atoms with Crippen LogP contribution in [0.2, 0.25) is 0 Å². The molecule has 160 valence electrons. The lowest BCUT2D eigenvalue weighted by Gasteiger charge is -2.20. The van der Waals surface area contributed by atoms with E-state index in [-0.39, 0.29) is 6.04 Å². The molecule has 0 radical (unpaired) electrons. The molecule has 1 aromatic carbocycles. The number of aryl methyl sites for hydroxylation is 1. The molecule has 1 atom stereocenters. The number of hydrogen-bond donors (Lipinski definition) is 1. The van der Waals surface area contributed by atoms with E-state index in [9.17, 15) is 0 Å². The van der Waals surface area contributed by atoms with Crippen molar-refractivity contribution in [1.29, 1.82) is 0 Å². The van der Waals surface area contributed by atoms with E-state index in [0.717, 1.165) is 52.0 Å². The molecular weight excluding hydrogens is 406 g/mol. The average molecular weight is 434 g/mol. The van der Waals surface area contributed by atoms with Crippen LogP contribution in [0.4, 0.5) is 5.82 Å². The third-order valence-corrected chi connectivity index (χ3v) is 6.52. The molecule has 0 spiro atoms. The number of nitrogens with one attached hydrogen (secondary N) is 1. The molecule has 0 fully saturated rings. The highest BCUT2D eigenvalue weighted by atomic mass is 32.1. The van der Waals surface area contributed by atoms with Crippen LogP contribution in [0.5, 0.6) is 0 Å². The maximum absolute atomic E-state index is 4.95. The number of fused-ring (bicyclic) bond motifs is 2. The number of thiophene rings is 1. The van der Waals surface area contributed by atoms with Gasteiger partial charge in [0, 0.05) is 23.9 Å². The van der Waals surface area contributed by atoms with Crippen molar-refractivity contribution in [2.24, 2.45) is 0 Å². The van der Waals surface area contributed by atoms with Crippen molar-refractivity contribution in [3.8, 4) is 11.1 Å². The molecule has 1 unspecified atom stereocenters. The molecular formula is C23H27N7S. The van der Waals surface area contributed by atoms with Crippen molar-refractivity contribution in [2.75, 3.05) is 19.4 Å². The molecule has 4 heterocycles. The van der Waals surface area contributed by atoms with Gasteiger partial charge in [-0.15, -0.1) is 21.5 Å². The molecule has 1 aliphatic heterocycles. The quantitative estimate of drug-likeness (QED) is 0.482. The van der Waals surface area contributed by atoms with E-state index in [1.807, 2.05) is 20.2 Å². The van der Waals surface area contributed by atoms with Crippen LogP contribution in [0.3, 0.4) is 0 Å². The molecule has 0 bridgehead atoms. The monoisotopic (exact) mass is 433 g/mol. The minimum absolute atomic E-state index is 0.00632. The molecule has 3 aromatic heterocycles. The van der Waals surface area contributed by atoms with E-state index in [1.54, 1.807) is 11.3 Å². The number of benzene rings is 1. The Kier molecular flexibility index (Phi) is 5.41. The molecule has 0 saturated carbocycles. The zero-order valence-electron chi connectivity index (χ0n) is 18.2. The second kappa shape index (κ2) is 8.36. The van der Waals surface area contributed by atoms with Crippen LogP contribution in [0.1, 0.15) is 43.3 Å². The Hall–Kier alpha value is -2.84. The van der Waals surface area contributed by atoms with Crippen LogP contribution < -0.4 is 5.32 Å². The van der Waals surface area contributed by atoms with E-state index in [0.29, 0.717) is 6.54 Å². The summed E-state index contributed by atoms with van der Waals surface area (Å²) in [4.78, 5) is 12.9. The van der Waals surface area contributed by atoms with Gasteiger partial charge in [0.05, 0.1) is 18.0 Å². The summed E-state index contributed by atoms with van der Waals surface area (Å²) in [6.45, 7) is 3.82. The predicted molar refractivity (Wildman–Crippen MR) is 125 cm³/mol. The smallest absolute Gasteiger partial charge is 0.155 e. The molecule has 1 aliphatic rings. The first-order valence-corrected chi connectivity index (χ1v) is 11.6. The average Bonchev–Trinajstić information content (AvgIpc) is 3.38. The van der Waals surface area contributed by atoms with Crippen LogP contribution in [0.15, 0.2) is 35.7 Å². The minimum atomic E-state index is -0.00632. The van der Waals surface area contributed by atoms with E-state index < -0.39 is 0 Å². The number of rotatable bonds is 6. The third-order valence-electron chi connectivity index (χ3n) is 5.65. The number of anilines is 1. The summed E-state index contributed by atoms with van der Waals surface area (Å²) < 4.78 is 2.27. The SMILES string of the molecule is CC(Nc1nc(CN(C)C)nc2scc(-c3ccccc3)c12)c1nnc2n1CCCC2. The van der Waals surface area contributed by atoms with Crippen LogP contribution >= 0.6 is 11.3 Å². The maximum Gasteiger partial charge on any atom is 0.155 e. The lowest BCUT2D eigenvalue weighted by molar-refractivity contribution is 0.391. The van der Waals surface area contributed by atoms with E-state index in [4.69, 9.17) is 9.97 Å². The van der Waals surface area contributed by atoms with Gasteiger partial charge in [-0.1, -0.05) is 30.3 Å². The predicted octanol–water partition coefficient (Wildman–Crippen LogP) is 4.52. The zero-order valence-corrected chi connectivity index (χ0v) is 19.0. The van der Waals surface area contributed by atoms with Gasteiger partial charge in [-0.2, -0.15) is 0 Å². The van der Waals surface area contributed by atoms with Crippen molar-refractivity contribution in [2.45, 2.75) is 45.3 Å². The molecule has 5 rings (SSSR count). The van der Waals surface area contributed by atoms with Crippen LogP contribution in [-0.4, -0.2) is 43.7 Å². The first-order chi connectivity index (χ1) is 15.1. The fraction of sp³-hybridized carbons (Fsp3) is 0.391. The first kappa shape index (κ1) is 20.1. The highest BCUT2D eigenvalue weighted by Crippen LogP contribution is 2.38. The lowest BCUT2D eigenvalue weighted by Crippen LogP contribution is -2.19. The molecule has 4 aromatic rings. The highest BCUT2D eigenvalue weighted by molar-refractivity contribution is 7.17. The minimum Gasteiger partial charge on any atom is -0.360 e. The Bertz CT molecular complexity index is 1200. The zero-order chi connectivity index (χ0) is 21.4. The van der Waals surface area contributed by atoms with Gasteiger partial charge in [0.15, 0.2) is 5.82 Å². The lowest BCUT2D eigenvalue weighted by atomic mass is 10.1. The summed E-state index contributed by atoms with van der Waals surface area (Å²) >= 11 is 1.67. The Labute approximate surface area is 186 Å². The summed E-state index contributed by atoms with van der Waals surface area (Å²) in [6.07, 6.45) is 3.38. The second-order valence-electron chi connectivity index (χ2n) is 8.37. The van der Waals surface area contributed by atoms with Gasteiger partial charge in [-0.05, 0) is 39.4 Å². The summed E-state index contributed by atoms with van der Waals surface area (Å²) in [6, 6.07) is 10.4. The fourth-order valence-electron chi connectivity index (χ4n) is 4.19. The third kappa shape index (κ3) is 3.93. The Morgan fingerprint density at radius 2 is 1.97 bits per heavy atom. The van der Waals surface area contributed by atoms with Crippen LogP contribution in [0, 0.1) is 0 Å². The topological polar surface area (TPSA) is 71.8 Å². The maximum atomic E-state index is 4.95. The van der Waals surface area contributed by atoms with Crippen molar-refractivity contribution in [1.82, 2.24) is 29.6 Å². The Morgan fingerprint density at radius 3 is 2.77 bits per heavy atom. The van der Waals surface area contributed by atoms with Gasteiger partial charge >= 0.3 is 0 Å². The summed E-state index contributed by atoms with van der Waals surface area (Å²) in [5.41, 5.74) is 2.34. The van der Waals surface area contributed by atoms with E-state index in [1.165, 1.54) is 18.4 Å². The second-order valence-corrected chi connectivity index (χ2v) is 9.23. The van der Waals surface area contributed by atoms with Gasteiger partial charge in [0.1, 0.15) is 22.3 Å². The highest BCUT2D eigenvalue weighted by Gasteiger charge is 2.22. The van der Waals surface area contributed by atoms with Crippen LogP contribution in [-0.2, 0) is 19.5 Å². The van der Waals surface area contributed by atoms with E-state index in [2.05, 4.69) is 61.6 Å². The van der Waals surface area contributed by atoms with Gasteiger partial charge in [0.25, 0.3) is 0 Å². The Morgan fingerprint density at radius 1 is 1.13 bits per heavy atom. The summed E-state index contributed by atoms with van der Waals surface area (Å²) in [5.74, 6) is 3.75. The van der Waals surface area contributed by atoms with Crippen molar-refractivity contribution in [3.63, 3.8) is 0 Å². The molecule has 8 heteroatoms. The largest absolute Gasteiger partial charge is 0.360 e. The standard InChI is InChI=1S/C23H27N7S/c1-15(22-28-27-19-11-7-8-12-30(19)22)24-21-20-17(16-9-5-4-6-10-16)14-31-23(20)26-18(25-21)13-29(2)3/h4-6,9-10,14-15H,7-8,11-13H2,1-3H3,(H,24,25,26). The summed E-state index contributed by atoms with van der Waals surface area (Å²) in [7, 11) is 4.07. The fourth-order valence-corrected chi connectivity index (χ4v) is 5.16. The molecule has 0 saturated heterocycles. The van der Waals surface area contributed by atoms with Crippen molar-refractivity contribution < 1.29 is 0 Å². The van der Waals surface area contributed by atoms with Gasteiger partial charge in [-0.3, -0.25) is 0 Å².